The van der Waals surface area contributed by atoms with Crippen molar-refractivity contribution < 1.29 is 33.5 Å². The van der Waals surface area contributed by atoms with Crippen LogP contribution in [0.15, 0.2) is 12.7 Å². The van der Waals surface area contributed by atoms with Crippen molar-refractivity contribution in [2.75, 3.05) is 13.2 Å². The van der Waals surface area contributed by atoms with Crippen molar-refractivity contribution in [2.45, 2.75) is 119 Å². The fraction of sp³-hybridized carbons (Fsp3) is 0.742. The highest BCUT2D eigenvalue weighted by molar-refractivity contribution is 6.37. The standard InChI is InChI=1S/C26H43N5O7.C5H12/c1-9-14-38-23(36)19(26(6,7)8)30-24(37)29-18(25(3,4)5)22(35)31-13-11-12-16(31)21(34)28-15(10-2)17(32)20(27)33;1-4-5(2)3/h9,15-16,18-19H,1,10-14H2,2-8H3,(H2,27,33)(H,28,34)(H2,29,30,37);5H,4H2,1-3H3/t15?,16-,18?,19+;/m0./s1. The molecule has 0 aliphatic carbocycles. The molecule has 5 amide bonds. The molecule has 12 nitrogen and oxygen atoms in total. The normalized spacial score (nSPS) is 17.0. The fourth-order valence-corrected chi connectivity index (χ4v) is 4.07. The van der Waals surface area contributed by atoms with Crippen molar-refractivity contribution in [1.82, 2.24) is 20.9 Å². The first-order valence-electron chi connectivity index (χ1n) is 15.0. The third kappa shape index (κ3) is 13.2. The predicted molar refractivity (Wildman–Crippen MR) is 166 cm³/mol. The molecule has 1 aliphatic rings. The molecule has 0 aromatic rings. The van der Waals surface area contributed by atoms with Crippen LogP contribution in [0.1, 0.15) is 94.9 Å². The topological polar surface area (TPSA) is 177 Å². The van der Waals surface area contributed by atoms with Crippen molar-refractivity contribution in [3.8, 4) is 0 Å². The number of nitrogens with two attached hydrogens (primary N) is 1. The van der Waals surface area contributed by atoms with Crippen LogP contribution in [-0.2, 0) is 28.7 Å². The highest BCUT2D eigenvalue weighted by Crippen LogP contribution is 2.26. The van der Waals surface area contributed by atoms with Gasteiger partial charge in [0, 0.05) is 6.54 Å². The Morgan fingerprint density at radius 3 is 1.86 bits per heavy atom. The smallest absolute Gasteiger partial charge is 0.329 e. The van der Waals surface area contributed by atoms with Crippen LogP contribution in [0.2, 0.25) is 0 Å². The zero-order valence-corrected chi connectivity index (χ0v) is 27.8. The van der Waals surface area contributed by atoms with Gasteiger partial charge in [-0.2, -0.15) is 0 Å². The quantitative estimate of drug-likeness (QED) is 0.149. The number of carbonyl (C=O) groups is 6. The Bertz CT molecular complexity index is 997. The van der Waals surface area contributed by atoms with Crippen LogP contribution in [-0.4, -0.2) is 77.7 Å². The number of ketones is 1. The molecule has 1 aliphatic heterocycles. The van der Waals surface area contributed by atoms with E-state index in [1.165, 1.54) is 17.4 Å². The molecule has 246 valence electrons. The third-order valence-electron chi connectivity index (χ3n) is 7.05. The molecular formula is C31H55N5O7. The Balaban J connectivity index is 0.00000324. The van der Waals surface area contributed by atoms with E-state index in [1.54, 1.807) is 48.5 Å². The van der Waals surface area contributed by atoms with Crippen LogP contribution in [0, 0.1) is 16.7 Å². The van der Waals surface area contributed by atoms with Crippen molar-refractivity contribution in [2.24, 2.45) is 22.5 Å². The SMILES string of the molecule is C=CCOC(=O)[C@@H](NC(=O)NC(C(=O)N1CCC[C@H]1C(=O)NC(CC)C(=O)C(N)=O)C(C)(C)C)C(C)(C)C.CCC(C)C. The van der Waals surface area contributed by atoms with Gasteiger partial charge in [-0.25, -0.2) is 9.59 Å². The number of hydrogen-bond donors (Lipinski definition) is 4. The van der Waals surface area contributed by atoms with Gasteiger partial charge in [-0.1, -0.05) is 88.3 Å². The summed E-state index contributed by atoms with van der Waals surface area (Å²) in [7, 11) is 0. The van der Waals surface area contributed by atoms with Crippen molar-refractivity contribution in [3.05, 3.63) is 12.7 Å². The Kier molecular flexibility index (Phi) is 16.2. The monoisotopic (exact) mass is 609 g/mol. The van der Waals surface area contributed by atoms with Gasteiger partial charge in [-0.15, -0.1) is 0 Å². The van der Waals surface area contributed by atoms with E-state index >= 15 is 0 Å². The largest absolute Gasteiger partial charge is 0.460 e. The number of esters is 1. The van der Waals surface area contributed by atoms with E-state index in [2.05, 4.69) is 43.3 Å². The van der Waals surface area contributed by atoms with E-state index in [1.807, 2.05) is 0 Å². The minimum Gasteiger partial charge on any atom is -0.460 e. The lowest BCUT2D eigenvalue weighted by Gasteiger charge is -2.36. The molecular weight excluding hydrogens is 554 g/mol. The molecule has 5 N–H and O–H groups in total. The number of carbonyl (C=O) groups excluding carboxylic acids is 6. The Morgan fingerprint density at radius 1 is 0.930 bits per heavy atom. The van der Waals surface area contributed by atoms with Gasteiger partial charge in [0.2, 0.25) is 17.6 Å². The van der Waals surface area contributed by atoms with E-state index in [0.29, 0.717) is 12.8 Å². The molecule has 0 aromatic heterocycles. The van der Waals surface area contributed by atoms with E-state index in [0.717, 1.165) is 5.92 Å². The summed E-state index contributed by atoms with van der Waals surface area (Å²) in [6.07, 6.45) is 3.77. The molecule has 0 radical (unpaired) electrons. The van der Waals surface area contributed by atoms with Crippen LogP contribution < -0.4 is 21.7 Å². The molecule has 43 heavy (non-hydrogen) atoms. The zero-order valence-electron chi connectivity index (χ0n) is 27.8. The average Bonchev–Trinajstić information content (AvgIpc) is 3.40. The van der Waals surface area contributed by atoms with Gasteiger partial charge < -0.3 is 31.3 Å². The summed E-state index contributed by atoms with van der Waals surface area (Å²) in [5, 5.41) is 7.81. The number of nitrogens with zero attached hydrogens (tertiary/aromatic N) is 1. The molecule has 1 heterocycles. The van der Waals surface area contributed by atoms with Crippen molar-refractivity contribution >= 4 is 35.5 Å². The second-order valence-corrected chi connectivity index (χ2v) is 13.3. The molecule has 2 unspecified atom stereocenters. The summed E-state index contributed by atoms with van der Waals surface area (Å²) >= 11 is 0. The molecule has 1 rings (SSSR count). The molecule has 0 saturated carbocycles. The number of rotatable bonds is 12. The number of hydrogen-bond acceptors (Lipinski definition) is 7. The fourth-order valence-electron chi connectivity index (χ4n) is 4.07. The van der Waals surface area contributed by atoms with Crippen LogP contribution in [0.25, 0.3) is 0 Å². The highest BCUT2D eigenvalue weighted by Gasteiger charge is 2.43. The van der Waals surface area contributed by atoms with Gasteiger partial charge in [0.05, 0.1) is 6.04 Å². The van der Waals surface area contributed by atoms with Crippen molar-refractivity contribution in [3.63, 3.8) is 0 Å². The third-order valence-corrected chi connectivity index (χ3v) is 7.05. The Labute approximate surface area is 257 Å². The summed E-state index contributed by atoms with van der Waals surface area (Å²) in [4.78, 5) is 76.9. The average molecular weight is 610 g/mol. The lowest BCUT2D eigenvalue weighted by Crippen LogP contribution is -2.61. The van der Waals surface area contributed by atoms with Crippen LogP contribution in [0.3, 0.4) is 0 Å². The second kappa shape index (κ2) is 17.6. The Morgan fingerprint density at radius 2 is 1.44 bits per heavy atom. The summed E-state index contributed by atoms with van der Waals surface area (Å²) in [5.41, 5.74) is 3.63. The summed E-state index contributed by atoms with van der Waals surface area (Å²) in [5.74, 6) is -2.88. The molecule has 1 fully saturated rings. The predicted octanol–water partition coefficient (Wildman–Crippen LogP) is 2.84. The van der Waals surface area contributed by atoms with Gasteiger partial charge in [0.25, 0.3) is 5.91 Å². The van der Waals surface area contributed by atoms with Crippen molar-refractivity contribution in [1.29, 1.82) is 0 Å². The van der Waals surface area contributed by atoms with Crippen LogP contribution in [0.4, 0.5) is 4.79 Å². The summed E-state index contributed by atoms with van der Waals surface area (Å²) in [6, 6.07) is -4.77. The number of likely N-dealkylation sites (tertiary alicyclic amines) is 1. The van der Waals surface area contributed by atoms with Crippen LogP contribution in [0.5, 0.6) is 0 Å². The number of urea groups is 1. The number of nitrogens with one attached hydrogen (secondary N) is 3. The maximum absolute atomic E-state index is 13.7. The number of primary amides is 1. The maximum Gasteiger partial charge on any atom is 0.329 e. The molecule has 0 bridgehead atoms. The molecule has 4 atom stereocenters. The molecule has 12 heteroatoms. The first-order chi connectivity index (χ1) is 19.7. The van der Waals surface area contributed by atoms with Crippen LogP contribution >= 0.6 is 0 Å². The lowest BCUT2D eigenvalue weighted by molar-refractivity contribution is -0.147. The van der Waals surface area contributed by atoms with Gasteiger partial charge in [0.1, 0.15) is 24.7 Å². The number of ether oxygens (including phenoxy) is 1. The minimum atomic E-state index is -1.15. The van der Waals surface area contributed by atoms with Gasteiger partial charge in [0.15, 0.2) is 0 Å². The minimum absolute atomic E-state index is 0.0137. The van der Waals surface area contributed by atoms with Gasteiger partial charge >= 0.3 is 12.0 Å². The highest BCUT2D eigenvalue weighted by atomic mass is 16.5. The van der Waals surface area contributed by atoms with E-state index in [-0.39, 0.29) is 19.6 Å². The summed E-state index contributed by atoms with van der Waals surface area (Å²) in [6.45, 7) is 22.6. The van der Waals surface area contributed by atoms with Gasteiger partial charge in [-0.3, -0.25) is 19.2 Å². The second-order valence-electron chi connectivity index (χ2n) is 13.3. The molecule has 0 spiro atoms. The number of Topliss-reactive ketones (excluding diaryl/α,β-unsaturated/α-hetero) is 1. The first-order valence-corrected chi connectivity index (χ1v) is 15.0. The van der Waals surface area contributed by atoms with E-state index in [9.17, 15) is 28.8 Å². The molecule has 1 saturated heterocycles. The zero-order chi connectivity index (χ0) is 33.7. The van der Waals surface area contributed by atoms with E-state index in [4.69, 9.17) is 10.5 Å². The summed E-state index contributed by atoms with van der Waals surface area (Å²) < 4.78 is 5.12. The van der Waals surface area contributed by atoms with Gasteiger partial charge in [-0.05, 0) is 36.0 Å². The maximum atomic E-state index is 13.7. The lowest BCUT2D eigenvalue weighted by atomic mass is 9.85. The van der Waals surface area contributed by atoms with E-state index < -0.39 is 70.5 Å². The Hall–Kier alpha value is -3.44. The first kappa shape index (κ1) is 39.6. The molecule has 0 aromatic carbocycles. The number of amides is 5.